The van der Waals surface area contributed by atoms with Gasteiger partial charge in [0.25, 0.3) is 0 Å². The van der Waals surface area contributed by atoms with E-state index in [0.29, 0.717) is 5.01 Å². The summed E-state index contributed by atoms with van der Waals surface area (Å²) in [5, 5.41) is 0.658. The molecule has 1 aliphatic rings. The maximum atomic E-state index is 11.3. The van der Waals surface area contributed by atoms with Crippen molar-refractivity contribution in [2.75, 3.05) is 13.1 Å². The van der Waals surface area contributed by atoms with Gasteiger partial charge in [0.05, 0.1) is 5.69 Å². The van der Waals surface area contributed by atoms with Crippen molar-refractivity contribution < 1.29 is 4.79 Å². The van der Waals surface area contributed by atoms with Gasteiger partial charge in [0.1, 0.15) is 0 Å². The molecule has 2 heterocycles. The van der Waals surface area contributed by atoms with Gasteiger partial charge in [-0.15, -0.1) is 11.3 Å². The molecule has 1 aromatic rings. The van der Waals surface area contributed by atoms with Crippen LogP contribution in [-0.2, 0) is 6.54 Å². The van der Waals surface area contributed by atoms with Gasteiger partial charge in [-0.25, -0.2) is 4.98 Å². The summed E-state index contributed by atoms with van der Waals surface area (Å²) >= 11 is 1.57. The van der Waals surface area contributed by atoms with Crippen LogP contribution in [0.4, 0.5) is 0 Å². The molecule has 1 aliphatic heterocycles. The van der Waals surface area contributed by atoms with Crippen LogP contribution in [0, 0.1) is 12.8 Å². The Kier molecular flexibility index (Phi) is 4.51. The van der Waals surface area contributed by atoms with E-state index < -0.39 is 0 Å². The molecule has 0 N–H and O–H groups in total. The minimum atomic E-state index is 0.0824. The molecule has 100 valence electrons. The van der Waals surface area contributed by atoms with E-state index >= 15 is 0 Å². The van der Waals surface area contributed by atoms with Gasteiger partial charge in [-0.3, -0.25) is 9.69 Å². The first-order valence-corrected chi connectivity index (χ1v) is 7.61. The lowest BCUT2D eigenvalue weighted by Crippen LogP contribution is -2.32. The lowest BCUT2D eigenvalue weighted by atomic mass is 9.94. The molecule has 0 saturated carbocycles. The van der Waals surface area contributed by atoms with Gasteiger partial charge in [0.15, 0.2) is 10.8 Å². The number of nitrogens with zero attached hydrogens (tertiary/aromatic N) is 2. The van der Waals surface area contributed by atoms with Crippen LogP contribution in [0.5, 0.6) is 0 Å². The number of likely N-dealkylation sites (tertiary alicyclic amines) is 1. The van der Waals surface area contributed by atoms with Crippen molar-refractivity contribution in [2.24, 2.45) is 5.92 Å². The maximum absolute atomic E-state index is 11.3. The molecule has 3 nitrogen and oxygen atoms in total. The van der Waals surface area contributed by atoms with Crippen LogP contribution >= 0.6 is 11.3 Å². The van der Waals surface area contributed by atoms with Crippen molar-refractivity contribution in [3.63, 3.8) is 0 Å². The Balaban J connectivity index is 1.96. The van der Waals surface area contributed by atoms with Crippen molar-refractivity contribution in [1.82, 2.24) is 9.88 Å². The second-order valence-corrected chi connectivity index (χ2v) is 6.30. The first-order chi connectivity index (χ1) is 8.60. The zero-order chi connectivity index (χ0) is 13.1. The molecule has 0 bridgehead atoms. The molecule has 1 saturated heterocycles. The summed E-state index contributed by atoms with van der Waals surface area (Å²) in [5.41, 5.74) is 1.03. The Morgan fingerprint density at radius 2 is 2.11 bits per heavy atom. The number of aromatic nitrogens is 1. The molecule has 18 heavy (non-hydrogen) atoms. The largest absolute Gasteiger partial charge is 0.298 e. The molecule has 1 fully saturated rings. The van der Waals surface area contributed by atoms with Crippen LogP contribution in [0.2, 0.25) is 0 Å². The summed E-state index contributed by atoms with van der Waals surface area (Å²) in [6, 6.07) is 0. The lowest BCUT2D eigenvalue weighted by Gasteiger charge is -2.31. The van der Waals surface area contributed by atoms with E-state index in [1.165, 1.54) is 37.2 Å². The second kappa shape index (κ2) is 5.93. The highest BCUT2D eigenvalue weighted by Gasteiger charge is 2.20. The molecule has 0 aromatic carbocycles. The highest BCUT2D eigenvalue weighted by atomic mass is 32.1. The first kappa shape index (κ1) is 13.7. The third-order valence-electron chi connectivity index (χ3n) is 3.85. The van der Waals surface area contributed by atoms with Gasteiger partial charge < -0.3 is 0 Å². The quantitative estimate of drug-likeness (QED) is 0.784. The molecule has 0 aliphatic carbocycles. The molecule has 2 rings (SSSR count). The zero-order valence-electron chi connectivity index (χ0n) is 11.5. The lowest BCUT2D eigenvalue weighted by molar-refractivity contribution is 0.101. The molecular formula is C14H22N2OS. The van der Waals surface area contributed by atoms with Crippen LogP contribution in [0.1, 0.15) is 53.5 Å². The first-order valence-electron chi connectivity index (χ1n) is 6.79. The Bertz CT molecular complexity index is 419. The molecule has 0 atom stereocenters. The van der Waals surface area contributed by atoms with E-state index in [1.54, 1.807) is 18.3 Å². The Morgan fingerprint density at radius 1 is 1.44 bits per heavy atom. The monoisotopic (exact) mass is 266 g/mol. The van der Waals surface area contributed by atoms with E-state index in [4.69, 9.17) is 0 Å². The Labute approximate surface area is 113 Å². The molecule has 0 amide bonds. The standard InChI is InChI=1S/C14H22N2OS/c1-4-12-5-7-16(8-6-12)9-13-10(2)15-14(18-13)11(3)17/h12H,4-9H2,1-3H3. The number of hydrogen-bond donors (Lipinski definition) is 0. The summed E-state index contributed by atoms with van der Waals surface area (Å²) in [6.45, 7) is 9.22. The summed E-state index contributed by atoms with van der Waals surface area (Å²) in [5.74, 6) is 0.996. The number of carbonyl (C=O) groups is 1. The van der Waals surface area contributed by atoms with Gasteiger partial charge >= 0.3 is 0 Å². The third kappa shape index (κ3) is 3.18. The predicted octanol–water partition coefficient (Wildman–Crippen LogP) is 3.28. The minimum absolute atomic E-state index is 0.0824. The van der Waals surface area contributed by atoms with Crippen LogP contribution in [-0.4, -0.2) is 28.8 Å². The fourth-order valence-electron chi connectivity index (χ4n) is 2.48. The van der Waals surface area contributed by atoms with Crippen LogP contribution < -0.4 is 0 Å². The number of piperidine rings is 1. The van der Waals surface area contributed by atoms with Crippen molar-refractivity contribution >= 4 is 17.1 Å². The van der Waals surface area contributed by atoms with Gasteiger partial charge in [-0.05, 0) is 38.8 Å². The topological polar surface area (TPSA) is 33.2 Å². The maximum Gasteiger partial charge on any atom is 0.188 e. The number of carbonyl (C=O) groups excluding carboxylic acids is 1. The van der Waals surface area contributed by atoms with E-state index in [1.807, 2.05) is 6.92 Å². The van der Waals surface area contributed by atoms with Gasteiger partial charge in [0.2, 0.25) is 0 Å². The van der Waals surface area contributed by atoms with Gasteiger partial charge in [-0.1, -0.05) is 13.3 Å². The van der Waals surface area contributed by atoms with Crippen molar-refractivity contribution in [1.29, 1.82) is 0 Å². The second-order valence-electron chi connectivity index (χ2n) is 5.21. The van der Waals surface area contributed by atoms with E-state index in [-0.39, 0.29) is 5.78 Å². The third-order valence-corrected chi connectivity index (χ3v) is 5.09. The molecule has 0 radical (unpaired) electrons. The fourth-order valence-corrected chi connectivity index (χ4v) is 3.48. The Morgan fingerprint density at radius 3 is 2.61 bits per heavy atom. The Hall–Kier alpha value is -0.740. The smallest absolute Gasteiger partial charge is 0.188 e. The highest BCUT2D eigenvalue weighted by Crippen LogP contribution is 2.25. The summed E-state index contributed by atoms with van der Waals surface area (Å²) in [7, 11) is 0. The molecule has 0 unspecified atom stereocenters. The van der Waals surface area contributed by atoms with E-state index in [2.05, 4.69) is 16.8 Å². The highest BCUT2D eigenvalue weighted by molar-refractivity contribution is 7.13. The van der Waals surface area contributed by atoms with Gasteiger partial charge in [0, 0.05) is 18.3 Å². The number of rotatable bonds is 4. The summed E-state index contributed by atoms with van der Waals surface area (Å²) in [4.78, 5) is 19.4. The summed E-state index contributed by atoms with van der Waals surface area (Å²) < 4.78 is 0. The molecular weight excluding hydrogens is 244 g/mol. The number of hydrogen-bond acceptors (Lipinski definition) is 4. The van der Waals surface area contributed by atoms with Crippen LogP contribution in [0.15, 0.2) is 0 Å². The van der Waals surface area contributed by atoms with Crippen LogP contribution in [0.3, 0.4) is 0 Å². The average molecular weight is 266 g/mol. The molecule has 0 spiro atoms. The average Bonchev–Trinajstić information content (AvgIpc) is 2.72. The minimum Gasteiger partial charge on any atom is -0.298 e. The van der Waals surface area contributed by atoms with Crippen molar-refractivity contribution in [2.45, 2.75) is 46.6 Å². The normalized spacial score (nSPS) is 18.2. The van der Waals surface area contributed by atoms with Crippen LogP contribution in [0.25, 0.3) is 0 Å². The predicted molar refractivity (Wildman–Crippen MR) is 75.1 cm³/mol. The molecule has 1 aromatic heterocycles. The SMILES string of the molecule is CCC1CCN(Cc2sc(C(C)=O)nc2C)CC1. The number of Topliss-reactive ketones (excluding diaryl/α,β-unsaturated/α-hetero) is 1. The number of thiazole rings is 1. The van der Waals surface area contributed by atoms with E-state index in [0.717, 1.165) is 18.2 Å². The number of ketones is 1. The van der Waals surface area contributed by atoms with E-state index in [9.17, 15) is 4.79 Å². The number of aryl methyl sites for hydroxylation is 1. The summed E-state index contributed by atoms with van der Waals surface area (Å²) in [6.07, 6.45) is 3.93. The fraction of sp³-hybridized carbons (Fsp3) is 0.714. The zero-order valence-corrected chi connectivity index (χ0v) is 12.3. The molecule has 4 heteroatoms. The van der Waals surface area contributed by atoms with Crippen molar-refractivity contribution in [3.8, 4) is 0 Å². The van der Waals surface area contributed by atoms with Gasteiger partial charge in [-0.2, -0.15) is 0 Å². The van der Waals surface area contributed by atoms with Crippen molar-refractivity contribution in [3.05, 3.63) is 15.6 Å².